The third-order valence-electron chi connectivity index (χ3n) is 4.79. The summed E-state index contributed by atoms with van der Waals surface area (Å²) in [6.45, 7) is 5.34. The zero-order valence-corrected chi connectivity index (χ0v) is 13.7. The molecule has 1 aliphatic rings. The second-order valence-electron chi connectivity index (χ2n) is 6.50. The molecule has 0 aromatic carbocycles. The van der Waals surface area contributed by atoms with Crippen molar-refractivity contribution in [1.29, 1.82) is 0 Å². The van der Waals surface area contributed by atoms with Crippen LogP contribution in [-0.4, -0.2) is 14.5 Å². The van der Waals surface area contributed by atoms with Gasteiger partial charge in [-0.1, -0.05) is 32.6 Å². The van der Waals surface area contributed by atoms with Gasteiger partial charge in [-0.05, 0) is 37.3 Å². The van der Waals surface area contributed by atoms with Gasteiger partial charge in [-0.2, -0.15) is 0 Å². The standard InChI is InChI=1S/C17H24ClN3/c1-12-5-7-14(8-6-12)9-11-21-16(13(2)18)20-15-4-3-10-19-17(15)21/h3-4,10,12-14H,5-9,11H2,1-2H3. The molecule has 2 heterocycles. The van der Waals surface area contributed by atoms with Crippen molar-refractivity contribution in [3.8, 4) is 0 Å². The van der Waals surface area contributed by atoms with Crippen LogP contribution in [-0.2, 0) is 6.54 Å². The largest absolute Gasteiger partial charge is 0.311 e. The summed E-state index contributed by atoms with van der Waals surface area (Å²) < 4.78 is 2.23. The van der Waals surface area contributed by atoms with Gasteiger partial charge in [0.1, 0.15) is 11.3 Å². The van der Waals surface area contributed by atoms with Crippen LogP contribution in [0, 0.1) is 11.8 Å². The molecule has 0 bridgehead atoms. The Kier molecular flexibility index (Phi) is 4.48. The predicted octanol–water partition coefficient (Wildman–Crippen LogP) is 4.95. The monoisotopic (exact) mass is 305 g/mol. The van der Waals surface area contributed by atoms with E-state index in [4.69, 9.17) is 11.6 Å². The van der Waals surface area contributed by atoms with Crippen LogP contribution in [0.15, 0.2) is 18.3 Å². The first-order chi connectivity index (χ1) is 10.1. The number of hydrogen-bond acceptors (Lipinski definition) is 2. The molecule has 4 heteroatoms. The number of hydrogen-bond donors (Lipinski definition) is 0. The van der Waals surface area contributed by atoms with Crippen LogP contribution >= 0.6 is 11.6 Å². The highest BCUT2D eigenvalue weighted by atomic mass is 35.5. The Balaban J connectivity index is 1.77. The molecule has 1 saturated carbocycles. The molecule has 0 amide bonds. The number of imidazole rings is 1. The molecule has 0 radical (unpaired) electrons. The summed E-state index contributed by atoms with van der Waals surface area (Å²) in [5.41, 5.74) is 1.93. The van der Waals surface area contributed by atoms with Gasteiger partial charge >= 0.3 is 0 Å². The normalized spacial score (nSPS) is 24.3. The second kappa shape index (κ2) is 6.35. The number of rotatable bonds is 4. The molecule has 0 N–H and O–H groups in total. The van der Waals surface area contributed by atoms with Crippen LogP contribution < -0.4 is 0 Å². The molecule has 1 aliphatic carbocycles. The van der Waals surface area contributed by atoms with E-state index in [9.17, 15) is 0 Å². The van der Waals surface area contributed by atoms with E-state index in [2.05, 4.69) is 21.5 Å². The summed E-state index contributed by atoms with van der Waals surface area (Å²) in [5, 5.41) is -0.0782. The van der Waals surface area contributed by atoms with Crippen molar-refractivity contribution in [2.45, 2.75) is 57.9 Å². The first kappa shape index (κ1) is 14.8. The smallest absolute Gasteiger partial charge is 0.160 e. The van der Waals surface area contributed by atoms with E-state index in [1.54, 1.807) is 0 Å². The maximum absolute atomic E-state index is 6.31. The fourth-order valence-corrected chi connectivity index (χ4v) is 3.60. The molecule has 3 nitrogen and oxygen atoms in total. The summed E-state index contributed by atoms with van der Waals surface area (Å²) in [5.74, 6) is 2.71. The minimum atomic E-state index is -0.0782. The van der Waals surface area contributed by atoms with Crippen LogP contribution in [0.25, 0.3) is 11.2 Å². The van der Waals surface area contributed by atoms with Gasteiger partial charge in [-0.15, -0.1) is 11.6 Å². The molecular formula is C17H24ClN3. The van der Waals surface area contributed by atoms with E-state index in [-0.39, 0.29) is 5.38 Å². The van der Waals surface area contributed by atoms with Crippen LogP contribution in [0.2, 0.25) is 0 Å². The molecule has 0 spiro atoms. The topological polar surface area (TPSA) is 30.7 Å². The first-order valence-corrected chi connectivity index (χ1v) is 8.54. The van der Waals surface area contributed by atoms with Gasteiger partial charge in [-0.3, -0.25) is 0 Å². The highest BCUT2D eigenvalue weighted by Gasteiger charge is 2.20. The zero-order chi connectivity index (χ0) is 14.8. The molecule has 2 aromatic rings. The summed E-state index contributed by atoms with van der Waals surface area (Å²) >= 11 is 6.31. The average molecular weight is 306 g/mol. The van der Waals surface area contributed by atoms with Gasteiger partial charge < -0.3 is 4.57 Å². The third-order valence-corrected chi connectivity index (χ3v) is 4.98. The Labute approximate surface area is 131 Å². The van der Waals surface area contributed by atoms with Gasteiger partial charge in [0, 0.05) is 12.7 Å². The van der Waals surface area contributed by atoms with Crippen molar-refractivity contribution in [2.75, 3.05) is 0 Å². The lowest BCUT2D eigenvalue weighted by atomic mass is 9.81. The quantitative estimate of drug-likeness (QED) is 0.748. The second-order valence-corrected chi connectivity index (χ2v) is 7.15. The summed E-state index contributed by atoms with van der Waals surface area (Å²) in [6.07, 6.45) is 8.55. The fourth-order valence-electron chi connectivity index (χ4n) is 3.43. The Hall–Kier alpha value is -1.09. The number of aryl methyl sites for hydroxylation is 1. The number of nitrogens with zero attached hydrogens (tertiary/aromatic N) is 3. The van der Waals surface area contributed by atoms with E-state index in [0.717, 1.165) is 35.4 Å². The molecular weight excluding hydrogens is 282 g/mol. The van der Waals surface area contributed by atoms with Gasteiger partial charge in [0.2, 0.25) is 0 Å². The van der Waals surface area contributed by atoms with Gasteiger partial charge in [0.15, 0.2) is 5.65 Å². The Morgan fingerprint density at radius 3 is 2.81 bits per heavy atom. The van der Waals surface area contributed by atoms with Crippen LogP contribution in [0.1, 0.15) is 57.2 Å². The third kappa shape index (κ3) is 3.23. The van der Waals surface area contributed by atoms with Gasteiger partial charge in [0.25, 0.3) is 0 Å². The van der Waals surface area contributed by atoms with Crippen LogP contribution in [0.3, 0.4) is 0 Å². The maximum Gasteiger partial charge on any atom is 0.160 e. The number of alkyl halides is 1. The fraction of sp³-hybridized carbons (Fsp3) is 0.647. The van der Waals surface area contributed by atoms with E-state index in [1.807, 2.05) is 25.3 Å². The molecule has 3 rings (SSSR count). The number of aromatic nitrogens is 3. The molecule has 21 heavy (non-hydrogen) atoms. The van der Waals surface area contributed by atoms with E-state index in [1.165, 1.54) is 32.1 Å². The Morgan fingerprint density at radius 2 is 2.10 bits per heavy atom. The van der Waals surface area contributed by atoms with Crippen LogP contribution in [0.5, 0.6) is 0 Å². The van der Waals surface area contributed by atoms with Crippen molar-refractivity contribution in [1.82, 2.24) is 14.5 Å². The summed E-state index contributed by atoms with van der Waals surface area (Å²) in [6, 6.07) is 3.95. The number of pyridine rings is 1. The van der Waals surface area contributed by atoms with Crippen molar-refractivity contribution in [3.05, 3.63) is 24.2 Å². The minimum absolute atomic E-state index is 0.0782. The number of halogens is 1. The molecule has 1 fully saturated rings. The highest BCUT2D eigenvalue weighted by molar-refractivity contribution is 6.20. The van der Waals surface area contributed by atoms with E-state index in [0.29, 0.717) is 0 Å². The first-order valence-electron chi connectivity index (χ1n) is 8.10. The molecule has 114 valence electrons. The Morgan fingerprint density at radius 1 is 1.33 bits per heavy atom. The maximum atomic E-state index is 6.31. The lowest BCUT2D eigenvalue weighted by molar-refractivity contribution is 0.268. The van der Waals surface area contributed by atoms with Crippen molar-refractivity contribution in [3.63, 3.8) is 0 Å². The molecule has 1 atom stereocenters. The molecule has 1 unspecified atom stereocenters. The minimum Gasteiger partial charge on any atom is -0.311 e. The van der Waals surface area contributed by atoms with Crippen molar-refractivity contribution >= 4 is 22.8 Å². The van der Waals surface area contributed by atoms with Gasteiger partial charge in [0.05, 0.1) is 5.38 Å². The Bertz CT molecular complexity index is 597. The molecule has 0 saturated heterocycles. The SMILES string of the molecule is CC1CCC(CCn2c(C(C)Cl)nc3cccnc32)CC1. The van der Waals surface area contributed by atoms with E-state index < -0.39 is 0 Å². The summed E-state index contributed by atoms with van der Waals surface area (Å²) in [7, 11) is 0. The van der Waals surface area contributed by atoms with E-state index >= 15 is 0 Å². The predicted molar refractivity (Wildman–Crippen MR) is 87.5 cm³/mol. The van der Waals surface area contributed by atoms with Crippen LogP contribution in [0.4, 0.5) is 0 Å². The lowest BCUT2D eigenvalue weighted by Gasteiger charge is -2.26. The van der Waals surface area contributed by atoms with Crippen molar-refractivity contribution < 1.29 is 0 Å². The van der Waals surface area contributed by atoms with Crippen molar-refractivity contribution in [2.24, 2.45) is 11.8 Å². The average Bonchev–Trinajstić information content (AvgIpc) is 2.86. The molecule has 2 aromatic heterocycles. The highest BCUT2D eigenvalue weighted by Crippen LogP contribution is 2.31. The summed E-state index contributed by atoms with van der Waals surface area (Å²) in [4.78, 5) is 9.16. The lowest BCUT2D eigenvalue weighted by Crippen LogP contribution is -2.15. The number of fused-ring (bicyclic) bond motifs is 1. The van der Waals surface area contributed by atoms with Gasteiger partial charge in [-0.25, -0.2) is 9.97 Å². The zero-order valence-electron chi connectivity index (χ0n) is 12.9. The molecule has 0 aliphatic heterocycles.